The molecule has 0 unspecified atom stereocenters. The Bertz CT molecular complexity index is 339. The van der Waals surface area contributed by atoms with Crippen molar-refractivity contribution in [3.8, 4) is 0 Å². The van der Waals surface area contributed by atoms with Gasteiger partial charge < -0.3 is 9.84 Å². The van der Waals surface area contributed by atoms with E-state index in [9.17, 15) is 4.79 Å². The number of hydrogen-bond acceptors (Lipinski definition) is 4. The molecule has 0 atom stereocenters. The predicted molar refractivity (Wildman–Crippen MR) is 64.6 cm³/mol. The highest BCUT2D eigenvalue weighted by atomic mass is 32.2. The molecule has 0 saturated carbocycles. The molecule has 1 rings (SSSR count). The Hall–Kier alpha value is -1.00. The summed E-state index contributed by atoms with van der Waals surface area (Å²) < 4.78 is 4.84. The molecule has 1 aromatic rings. The number of aliphatic hydroxyl groups excluding tert-OH is 1. The van der Waals surface area contributed by atoms with E-state index in [1.807, 2.05) is 24.3 Å². The van der Waals surface area contributed by atoms with Gasteiger partial charge in [-0.15, -0.1) is 11.8 Å². The van der Waals surface area contributed by atoms with Crippen molar-refractivity contribution in [2.75, 3.05) is 19.0 Å². The van der Waals surface area contributed by atoms with Gasteiger partial charge in [0.15, 0.2) is 0 Å². The summed E-state index contributed by atoms with van der Waals surface area (Å²) in [5.74, 6) is 0.135. The number of hydrogen-bond donors (Lipinski definition) is 1. The van der Waals surface area contributed by atoms with Crippen molar-refractivity contribution in [1.82, 2.24) is 0 Å². The number of rotatable bonds is 6. The van der Waals surface area contributed by atoms with Crippen LogP contribution in [0.3, 0.4) is 0 Å². The molecule has 1 N–H and O–H groups in total. The first-order valence-corrected chi connectivity index (χ1v) is 6.23. The normalized spacial score (nSPS) is 10.1. The number of carbonyl (C=O) groups is 1. The molecule has 0 amide bonds. The molecule has 0 bridgehead atoms. The first-order valence-electron chi connectivity index (χ1n) is 5.24. The van der Waals surface area contributed by atoms with Crippen LogP contribution < -0.4 is 0 Å². The monoisotopic (exact) mass is 240 g/mol. The summed E-state index contributed by atoms with van der Waals surface area (Å²) in [7, 11) is 0. The van der Waals surface area contributed by atoms with E-state index in [0.29, 0.717) is 18.8 Å². The maximum atomic E-state index is 11.1. The number of carbonyl (C=O) groups excluding carboxylic acids is 1. The maximum Gasteiger partial charge on any atom is 0.316 e. The topological polar surface area (TPSA) is 46.5 Å². The smallest absolute Gasteiger partial charge is 0.316 e. The van der Waals surface area contributed by atoms with Crippen LogP contribution in [0, 0.1) is 0 Å². The SMILES string of the molecule is CCOC(=O)CSc1cccc(CCO)c1. The van der Waals surface area contributed by atoms with E-state index in [1.165, 1.54) is 11.8 Å². The van der Waals surface area contributed by atoms with Crippen LogP contribution in [0.15, 0.2) is 29.2 Å². The third kappa shape index (κ3) is 4.68. The van der Waals surface area contributed by atoms with E-state index in [0.717, 1.165) is 10.5 Å². The van der Waals surface area contributed by atoms with Crippen LogP contribution in [0.2, 0.25) is 0 Å². The molecule has 1 aromatic carbocycles. The highest BCUT2D eigenvalue weighted by molar-refractivity contribution is 8.00. The molecule has 16 heavy (non-hydrogen) atoms. The molecule has 0 fully saturated rings. The van der Waals surface area contributed by atoms with E-state index in [1.54, 1.807) is 6.92 Å². The van der Waals surface area contributed by atoms with E-state index in [4.69, 9.17) is 9.84 Å². The van der Waals surface area contributed by atoms with Crippen molar-refractivity contribution in [2.24, 2.45) is 0 Å². The van der Waals surface area contributed by atoms with Crippen LogP contribution in [0.25, 0.3) is 0 Å². The summed E-state index contributed by atoms with van der Waals surface area (Å²) in [6.07, 6.45) is 0.647. The average molecular weight is 240 g/mol. The zero-order valence-corrected chi connectivity index (χ0v) is 10.1. The highest BCUT2D eigenvalue weighted by Crippen LogP contribution is 2.19. The first-order chi connectivity index (χ1) is 7.76. The lowest BCUT2D eigenvalue weighted by Gasteiger charge is -2.04. The summed E-state index contributed by atoms with van der Waals surface area (Å²) in [6, 6.07) is 7.83. The molecule has 0 aliphatic heterocycles. The summed E-state index contributed by atoms with van der Waals surface area (Å²) in [5, 5.41) is 8.82. The molecule has 0 spiro atoms. The third-order valence-corrected chi connectivity index (χ3v) is 2.93. The highest BCUT2D eigenvalue weighted by Gasteiger charge is 2.03. The van der Waals surface area contributed by atoms with Crippen LogP contribution in [-0.4, -0.2) is 30.0 Å². The Morgan fingerprint density at radius 2 is 2.31 bits per heavy atom. The van der Waals surface area contributed by atoms with E-state index < -0.39 is 0 Å². The van der Waals surface area contributed by atoms with Gasteiger partial charge >= 0.3 is 5.97 Å². The van der Waals surface area contributed by atoms with Crippen LogP contribution in [0.5, 0.6) is 0 Å². The van der Waals surface area contributed by atoms with Gasteiger partial charge in [-0.1, -0.05) is 12.1 Å². The van der Waals surface area contributed by atoms with Crippen molar-refractivity contribution in [3.05, 3.63) is 29.8 Å². The van der Waals surface area contributed by atoms with Crippen LogP contribution >= 0.6 is 11.8 Å². The predicted octanol–water partition coefficient (Wildman–Crippen LogP) is 1.88. The van der Waals surface area contributed by atoms with Crippen molar-refractivity contribution in [3.63, 3.8) is 0 Å². The van der Waals surface area contributed by atoms with Gasteiger partial charge in [-0.3, -0.25) is 4.79 Å². The zero-order chi connectivity index (χ0) is 11.8. The minimum absolute atomic E-state index is 0.145. The van der Waals surface area contributed by atoms with Crippen molar-refractivity contribution in [1.29, 1.82) is 0 Å². The fourth-order valence-electron chi connectivity index (χ4n) is 1.26. The number of esters is 1. The maximum absolute atomic E-state index is 11.1. The standard InChI is InChI=1S/C12H16O3S/c1-2-15-12(14)9-16-11-5-3-4-10(8-11)6-7-13/h3-5,8,13H,2,6-7,9H2,1H3. The summed E-state index contributed by atoms with van der Waals surface area (Å²) in [4.78, 5) is 12.2. The van der Waals surface area contributed by atoms with Gasteiger partial charge in [0.1, 0.15) is 0 Å². The molecule has 4 heteroatoms. The van der Waals surface area contributed by atoms with Gasteiger partial charge in [-0.2, -0.15) is 0 Å². The number of ether oxygens (including phenoxy) is 1. The van der Waals surface area contributed by atoms with Gasteiger partial charge in [0, 0.05) is 11.5 Å². The minimum atomic E-state index is -0.194. The molecular weight excluding hydrogens is 224 g/mol. The van der Waals surface area contributed by atoms with E-state index in [-0.39, 0.29) is 12.6 Å². The molecule has 0 aromatic heterocycles. The molecular formula is C12H16O3S. The van der Waals surface area contributed by atoms with Crippen molar-refractivity contribution < 1.29 is 14.6 Å². The Labute approximate surface area is 99.8 Å². The number of benzene rings is 1. The van der Waals surface area contributed by atoms with Gasteiger partial charge in [-0.05, 0) is 31.0 Å². The van der Waals surface area contributed by atoms with Gasteiger partial charge in [-0.25, -0.2) is 0 Å². The first kappa shape index (κ1) is 13.1. The fraction of sp³-hybridized carbons (Fsp3) is 0.417. The Balaban J connectivity index is 2.47. The lowest BCUT2D eigenvalue weighted by atomic mass is 10.2. The number of thioether (sulfide) groups is 1. The lowest BCUT2D eigenvalue weighted by Crippen LogP contribution is -2.06. The fourth-order valence-corrected chi connectivity index (χ4v) is 2.04. The lowest BCUT2D eigenvalue weighted by molar-refractivity contribution is -0.139. The second-order valence-corrected chi connectivity index (χ2v) is 4.26. The van der Waals surface area contributed by atoms with Crippen molar-refractivity contribution in [2.45, 2.75) is 18.2 Å². The van der Waals surface area contributed by atoms with Gasteiger partial charge in [0.05, 0.1) is 12.4 Å². The number of aliphatic hydroxyl groups is 1. The molecule has 3 nitrogen and oxygen atoms in total. The van der Waals surface area contributed by atoms with Crippen LogP contribution in [-0.2, 0) is 16.0 Å². The van der Waals surface area contributed by atoms with E-state index >= 15 is 0 Å². The zero-order valence-electron chi connectivity index (χ0n) is 9.31. The van der Waals surface area contributed by atoms with Crippen LogP contribution in [0.1, 0.15) is 12.5 Å². The Morgan fingerprint density at radius 3 is 3.00 bits per heavy atom. The van der Waals surface area contributed by atoms with Gasteiger partial charge in [0.2, 0.25) is 0 Å². The summed E-state index contributed by atoms with van der Waals surface area (Å²) >= 11 is 1.45. The van der Waals surface area contributed by atoms with Gasteiger partial charge in [0.25, 0.3) is 0 Å². The molecule has 0 radical (unpaired) electrons. The second kappa shape index (κ2) is 7.30. The van der Waals surface area contributed by atoms with Crippen LogP contribution in [0.4, 0.5) is 0 Å². The molecule has 0 aliphatic rings. The second-order valence-electron chi connectivity index (χ2n) is 3.21. The summed E-state index contributed by atoms with van der Waals surface area (Å²) in [5.41, 5.74) is 1.08. The Kier molecular flexibility index (Phi) is 5.96. The molecule has 0 heterocycles. The van der Waals surface area contributed by atoms with E-state index in [2.05, 4.69) is 0 Å². The largest absolute Gasteiger partial charge is 0.465 e. The molecule has 0 saturated heterocycles. The average Bonchev–Trinajstić information content (AvgIpc) is 2.28. The minimum Gasteiger partial charge on any atom is -0.465 e. The summed E-state index contributed by atoms with van der Waals surface area (Å²) in [6.45, 7) is 2.36. The molecule has 88 valence electrons. The Morgan fingerprint density at radius 1 is 1.50 bits per heavy atom. The van der Waals surface area contributed by atoms with Crippen molar-refractivity contribution >= 4 is 17.7 Å². The third-order valence-electron chi connectivity index (χ3n) is 1.96. The molecule has 0 aliphatic carbocycles. The quantitative estimate of drug-likeness (QED) is 0.609.